The topological polar surface area (TPSA) is 51.7 Å². The van der Waals surface area contributed by atoms with Crippen LogP contribution in [0.3, 0.4) is 0 Å². The Morgan fingerprint density at radius 3 is 2.43 bits per heavy atom. The maximum atomic E-state index is 13.1. The number of methoxy groups -OCH3 is 1. The van der Waals surface area contributed by atoms with E-state index in [-0.39, 0.29) is 12.5 Å². The molecule has 1 heterocycles. The molecule has 1 aromatic heterocycles. The Bertz CT molecular complexity index is 1150. The molecule has 4 rings (SSSR count). The van der Waals surface area contributed by atoms with Crippen LogP contribution in [-0.4, -0.2) is 24.6 Å². The number of benzene rings is 3. The third kappa shape index (κ3) is 4.56. The number of fused-ring (bicyclic) bond motifs is 1. The molecule has 0 spiro atoms. The lowest BCUT2D eigenvalue weighted by atomic mass is 10.2. The van der Waals surface area contributed by atoms with E-state index in [1.54, 1.807) is 42.3 Å². The number of ether oxygens (including phenoxy) is 2. The van der Waals surface area contributed by atoms with Crippen molar-refractivity contribution >= 4 is 44.2 Å². The van der Waals surface area contributed by atoms with Crippen molar-refractivity contribution in [2.45, 2.75) is 6.54 Å². The minimum atomic E-state index is -0.190. The first-order chi connectivity index (χ1) is 14.6. The third-order valence-corrected chi connectivity index (χ3v) is 5.84. The quantitative estimate of drug-likeness (QED) is 0.378. The molecular weight excluding hydrogens is 420 g/mol. The molecule has 0 aliphatic rings. The molecule has 0 unspecified atom stereocenters. The molecule has 0 fully saturated rings. The van der Waals surface area contributed by atoms with Crippen LogP contribution >= 0.6 is 22.9 Å². The minimum absolute atomic E-state index is 0.108. The first kappa shape index (κ1) is 20.2. The predicted octanol–water partition coefficient (Wildman–Crippen LogP) is 5.57. The van der Waals surface area contributed by atoms with E-state index in [4.69, 9.17) is 21.1 Å². The van der Waals surface area contributed by atoms with E-state index in [0.717, 1.165) is 16.0 Å². The molecule has 3 aromatic carbocycles. The highest BCUT2D eigenvalue weighted by Gasteiger charge is 2.21. The monoisotopic (exact) mass is 438 g/mol. The van der Waals surface area contributed by atoms with Gasteiger partial charge < -0.3 is 9.47 Å². The molecule has 0 aliphatic heterocycles. The van der Waals surface area contributed by atoms with Crippen LogP contribution in [0.4, 0.5) is 5.13 Å². The SMILES string of the molecule is COc1ccc(OCC(=O)N(Cc2ccccc2)c2nc3c(Cl)cccc3s2)cc1. The van der Waals surface area contributed by atoms with Crippen molar-refractivity contribution in [3.63, 3.8) is 0 Å². The van der Waals surface area contributed by atoms with Gasteiger partial charge in [0.05, 0.1) is 23.4 Å². The van der Waals surface area contributed by atoms with Gasteiger partial charge in [-0.1, -0.05) is 59.3 Å². The molecule has 0 bridgehead atoms. The number of anilines is 1. The largest absolute Gasteiger partial charge is 0.497 e. The summed E-state index contributed by atoms with van der Waals surface area (Å²) >= 11 is 7.72. The fourth-order valence-electron chi connectivity index (χ4n) is 2.94. The van der Waals surface area contributed by atoms with Crippen molar-refractivity contribution in [2.24, 2.45) is 0 Å². The van der Waals surface area contributed by atoms with Gasteiger partial charge in [-0.2, -0.15) is 0 Å². The maximum absolute atomic E-state index is 13.1. The first-order valence-electron chi connectivity index (χ1n) is 9.30. The summed E-state index contributed by atoms with van der Waals surface area (Å²) in [7, 11) is 1.60. The zero-order chi connectivity index (χ0) is 20.9. The van der Waals surface area contributed by atoms with Crippen molar-refractivity contribution < 1.29 is 14.3 Å². The molecule has 0 N–H and O–H groups in total. The molecular formula is C23H19ClN2O3S. The lowest BCUT2D eigenvalue weighted by molar-refractivity contribution is -0.120. The number of hydrogen-bond donors (Lipinski definition) is 0. The molecule has 0 aliphatic carbocycles. The molecule has 1 amide bonds. The first-order valence-corrected chi connectivity index (χ1v) is 10.5. The summed E-state index contributed by atoms with van der Waals surface area (Å²) in [5.41, 5.74) is 1.70. The normalized spacial score (nSPS) is 10.7. The molecule has 30 heavy (non-hydrogen) atoms. The van der Waals surface area contributed by atoms with Crippen LogP contribution in [0.2, 0.25) is 5.02 Å². The highest BCUT2D eigenvalue weighted by Crippen LogP contribution is 2.33. The summed E-state index contributed by atoms with van der Waals surface area (Å²) in [4.78, 5) is 19.4. The number of para-hydroxylation sites is 1. The van der Waals surface area contributed by atoms with Gasteiger partial charge in [-0.25, -0.2) is 4.98 Å². The number of thiazole rings is 1. The van der Waals surface area contributed by atoms with Crippen molar-refractivity contribution in [3.8, 4) is 11.5 Å². The average molecular weight is 439 g/mol. The van der Waals surface area contributed by atoms with E-state index < -0.39 is 0 Å². The van der Waals surface area contributed by atoms with Gasteiger partial charge in [0.25, 0.3) is 5.91 Å². The summed E-state index contributed by atoms with van der Waals surface area (Å²) in [6.45, 7) is 0.284. The summed E-state index contributed by atoms with van der Waals surface area (Å²) < 4.78 is 11.8. The molecule has 152 valence electrons. The maximum Gasteiger partial charge on any atom is 0.267 e. The second kappa shape index (κ2) is 9.15. The Morgan fingerprint density at radius 1 is 1.00 bits per heavy atom. The van der Waals surface area contributed by atoms with Crippen molar-refractivity contribution in [2.75, 3.05) is 18.6 Å². The highest BCUT2D eigenvalue weighted by molar-refractivity contribution is 7.22. The third-order valence-electron chi connectivity index (χ3n) is 4.50. The van der Waals surface area contributed by atoms with Gasteiger partial charge in [0.15, 0.2) is 11.7 Å². The van der Waals surface area contributed by atoms with Gasteiger partial charge in [-0.05, 0) is 42.0 Å². The van der Waals surface area contributed by atoms with Crippen LogP contribution in [0.1, 0.15) is 5.56 Å². The molecule has 0 saturated heterocycles. The summed E-state index contributed by atoms with van der Waals surface area (Å²) in [5, 5.41) is 1.15. The van der Waals surface area contributed by atoms with Gasteiger partial charge in [0, 0.05) is 0 Å². The second-order valence-electron chi connectivity index (χ2n) is 6.51. The van der Waals surface area contributed by atoms with E-state index >= 15 is 0 Å². The number of amides is 1. The number of halogens is 1. The standard InChI is InChI=1S/C23H19ClN2O3S/c1-28-17-10-12-18(13-11-17)29-15-21(27)26(14-16-6-3-2-4-7-16)23-25-22-19(24)8-5-9-20(22)30-23/h2-13H,14-15H2,1H3. The summed E-state index contributed by atoms with van der Waals surface area (Å²) in [6, 6.07) is 22.5. The molecule has 7 heteroatoms. The molecule has 0 radical (unpaired) electrons. The predicted molar refractivity (Wildman–Crippen MR) is 121 cm³/mol. The van der Waals surface area contributed by atoms with Gasteiger partial charge in [-0.15, -0.1) is 0 Å². The van der Waals surface area contributed by atoms with E-state index in [1.165, 1.54) is 11.3 Å². The molecule has 4 aromatic rings. The Hall–Kier alpha value is -3.09. The van der Waals surface area contributed by atoms with Crippen LogP contribution in [-0.2, 0) is 11.3 Å². The molecule has 0 atom stereocenters. The Balaban J connectivity index is 1.58. The smallest absolute Gasteiger partial charge is 0.267 e. The van der Waals surface area contributed by atoms with E-state index in [2.05, 4.69) is 4.98 Å². The zero-order valence-electron chi connectivity index (χ0n) is 16.2. The van der Waals surface area contributed by atoms with Crippen molar-refractivity contribution in [1.29, 1.82) is 0 Å². The Kier molecular flexibility index (Phi) is 6.16. The summed E-state index contributed by atoms with van der Waals surface area (Å²) in [6.07, 6.45) is 0. The highest BCUT2D eigenvalue weighted by atomic mass is 35.5. The van der Waals surface area contributed by atoms with Crippen LogP contribution in [0, 0.1) is 0 Å². The average Bonchev–Trinajstić information content (AvgIpc) is 3.22. The van der Waals surface area contributed by atoms with E-state index in [1.807, 2.05) is 42.5 Å². The number of carbonyl (C=O) groups excluding carboxylic acids is 1. The minimum Gasteiger partial charge on any atom is -0.497 e. The van der Waals surface area contributed by atoms with Crippen molar-refractivity contribution in [1.82, 2.24) is 4.98 Å². The lowest BCUT2D eigenvalue weighted by Crippen LogP contribution is -2.34. The van der Waals surface area contributed by atoms with Crippen LogP contribution in [0.15, 0.2) is 72.8 Å². The fraction of sp³-hybridized carbons (Fsp3) is 0.130. The van der Waals surface area contributed by atoms with Crippen LogP contribution < -0.4 is 14.4 Å². The van der Waals surface area contributed by atoms with Gasteiger partial charge >= 0.3 is 0 Å². The van der Waals surface area contributed by atoms with Crippen molar-refractivity contribution in [3.05, 3.63) is 83.4 Å². The van der Waals surface area contributed by atoms with E-state index in [0.29, 0.717) is 28.0 Å². The lowest BCUT2D eigenvalue weighted by Gasteiger charge is -2.20. The Labute approximate surface area is 183 Å². The number of hydrogen-bond acceptors (Lipinski definition) is 5. The Morgan fingerprint density at radius 2 is 1.73 bits per heavy atom. The number of nitrogens with zero attached hydrogens (tertiary/aromatic N) is 2. The van der Waals surface area contributed by atoms with Crippen LogP contribution in [0.25, 0.3) is 10.2 Å². The van der Waals surface area contributed by atoms with Gasteiger partial charge in [0.2, 0.25) is 0 Å². The van der Waals surface area contributed by atoms with Gasteiger partial charge in [0.1, 0.15) is 17.0 Å². The zero-order valence-corrected chi connectivity index (χ0v) is 17.8. The molecule has 0 saturated carbocycles. The fourth-order valence-corrected chi connectivity index (χ4v) is 4.22. The van der Waals surface area contributed by atoms with E-state index in [9.17, 15) is 4.79 Å². The van der Waals surface area contributed by atoms with Crippen LogP contribution in [0.5, 0.6) is 11.5 Å². The van der Waals surface area contributed by atoms with Gasteiger partial charge in [-0.3, -0.25) is 9.69 Å². The molecule has 5 nitrogen and oxygen atoms in total. The number of rotatable bonds is 7. The number of aromatic nitrogens is 1. The second-order valence-corrected chi connectivity index (χ2v) is 7.93. The number of carbonyl (C=O) groups is 1. The summed E-state index contributed by atoms with van der Waals surface area (Å²) in [5.74, 6) is 1.13.